The fourth-order valence-electron chi connectivity index (χ4n) is 2.36. The predicted octanol–water partition coefficient (Wildman–Crippen LogP) is 2.42. The molecular weight excluding hydrogens is 292 g/mol. The Hall–Kier alpha value is -3.15. The first-order valence-corrected chi connectivity index (χ1v) is 7.12. The number of amides is 1. The zero-order chi connectivity index (χ0) is 16.4. The topological polar surface area (TPSA) is 79.0 Å². The average molecular weight is 308 g/mol. The molecule has 3 aromatic rings. The van der Waals surface area contributed by atoms with Crippen molar-refractivity contribution in [3.63, 3.8) is 0 Å². The van der Waals surface area contributed by atoms with Crippen molar-refractivity contribution in [2.45, 2.75) is 13.8 Å². The van der Waals surface area contributed by atoms with Crippen molar-refractivity contribution in [3.8, 4) is 5.75 Å². The first kappa shape index (κ1) is 14.8. The van der Waals surface area contributed by atoms with Gasteiger partial charge in [-0.2, -0.15) is 5.10 Å². The molecule has 0 fully saturated rings. The molecule has 2 aromatic heterocycles. The van der Waals surface area contributed by atoms with Gasteiger partial charge in [-0.25, -0.2) is 10.4 Å². The van der Waals surface area contributed by atoms with Gasteiger partial charge >= 0.3 is 0 Å². The number of benzene rings is 1. The van der Waals surface area contributed by atoms with Gasteiger partial charge in [0.25, 0.3) is 5.91 Å². The summed E-state index contributed by atoms with van der Waals surface area (Å²) in [6.07, 6.45) is 3.29. The summed E-state index contributed by atoms with van der Waals surface area (Å²) in [7, 11) is 0. The maximum absolute atomic E-state index is 12.3. The van der Waals surface area contributed by atoms with E-state index in [1.54, 1.807) is 35.6 Å². The summed E-state index contributed by atoms with van der Waals surface area (Å²) in [5.74, 6) is -0.191. The third kappa shape index (κ3) is 3.06. The van der Waals surface area contributed by atoms with Gasteiger partial charge in [0, 0.05) is 6.20 Å². The van der Waals surface area contributed by atoms with Gasteiger partial charge in [0.05, 0.1) is 11.9 Å². The van der Waals surface area contributed by atoms with Gasteiger partial charge in [-0.3, -0.25) is 9.20 Å². The molecular formula is C17H16N4O2. The van der Waals surface area contributed by atoms with E-state index in [0.717, 1.165) is 11.2 Å². The molecule has 2 heterocycles. The number of imidazole rings is 1. The lowest BCUT2D eigenvalue weighted by Gasteiger charge is -2.02. The normalized spacial score (nSPS) is 11.2. The fraction of sp³-hybridized carbons (Fsp3) is 0.118. The number of carbonyl (C=O) groups is 1. The van der Waals surface area contributed by atoms with Crippen LogP contribution in [0.1, 0.15) is 27.3 Å². The zero-order valence-electron chi connectivity index (χ0n) is 12.8. The van der Waals surface area contributed by atoms with Crippen molar-refractivity contribution in [2.24, 2.45) is 5.10 Å². The van der Waals surface area contributed by atoms with Gasteiger partial charge < -0.3 is 5.11 Å². The highest BCUT2D eigenvalue weighted by Gasteiger charge is 2.15. The molecule has 0 aliphatic carbocycles. The number of pyridine rings is 1. The average Bonchev–Trinajstić information content (AvgIpc) is 2.82. The van der Waals surface area contributed by atoms with Gasteiger partial charge in [0.2, 0.25) is 0 Å². The van der Waals surface area contributed by atoms with E-state index < -0.39 is 0 Å². The Labute approximate surface area is 133 Å². The van der Waals surface area contributed by atoms with Crippen LogP contribution in [0.15, 0.2) is 47.7 Å². The first-order valence-electron chi connectivity index (χ1n) is 7.12. The van der Waals surface area contributed by atoms with Crippen molar-refractivity contribution < 1.29 is 9.90 Å². The summed E-state index contributed by atoms with van der Waals surface area (Å²) in [6.45, 7) is 3.76. The maximum atomic E-state index is 12.3. The second-order valence-corrected chi connectivity index (χ2v) is 5.27. The molecule has 0 saturated carbocycles. The van der Waals surface area contributed by atoms with Crippen LogP contribution in [0, 0.1) is 13.8 Å². The number of nitrogens with one attached hydrogen (secondary N) is 1. The summed E-state index contributed by atoms with van der Waals surface area (Å²) in [6, 6.07) is 10.4. The highest BCUT2D eigenvalue weighted by atomic mass is 16.3. The highest BCUT2D eigenvalue weighted by molar-refractivity contribution is 5.95. The quantitative estimate of drug-likeness (QED) is 0.576. The number of aromatic hydroxyl groups is 1. The minimum atomic E-state index is -0.338. The molecule has 0 bridgehead atoms. The minimum Gasteiger partial charge on any atom is -0.508 e. The fourth-order valence-corrected chi connectivity index (χ4v) is 2.36. The zero-order valence-corrected chi connectivity index (χ0v) is 12.8. The number of fused-ring (bicyclic) bond motifs is 1. The van der Waals surface area contributed by atoms with Crippen molar-refractivity contribution in [1.29, 1.82) is 0 Å². The van der Waals surface area contributed by atoms with E-state index in [0.29, 0.717) is 17.0 Å². The summed E-state index contributed by atoms with van der Waals surface area (Å²) >= 11 is 0. The molecule has 0 unspecified atom stereocenters. The van der Waals surface area contributed by atoms with E-state index in [1.807, 2.05) is 25.3 Å². The van der Waals surface area contributed by atoms with Crippen molar-refractivity contribution in [2.75, 3.05) is 0 Å². The van der Waals surface area contributed by atoms with Crippen LogP contribution in [0.3, 0.4) is 0 Å². The number of aromatic nitrogens is 2. The molecule has 2 N–H and O–H groups in total. The van der Waals surface area contributed by atoms with Crippen LogP contribution in [-0.4, -0.2) is 26.6 Å². The van der Waals surface area contributed by atoms with Crippen LogP contribution in [-0.2, 0) is 0 Å². The summed E-state index contributed by atoms with van der Waals surface area (Å²) < 4.78 is 1.74. The van der Waals surface area contributed by atoms with E-state index in [1.165, 1.54) is 6.21 Å². The minimum absolute atomic E-state index is 0.147. The maximum Gasteiger partial charge on any atom is 0.290 e. The summed E-state index contributed by atoms with van der Waals surface area (Å²) in [4.78, 5) is 16.7. The standard InChI is InChI=1S/C17H16N4O2/c1-11-6-7-21-15(8-11)19-12(2)16(21)17(23)20-18-10-13-4-3-5-14(22)9-13/h3-10,22H,1-2H3,(H,20,23). The molecule has 0 aliphatic heterocycles. The van der Waals surface area contributed by atoms with Crippen LogP contribution in [0.4, 0.5) is 0 Å². The van der Waals surface area contributed by atoms with E-state index in [2.05, 4.69) is 15.5 Å². The molecule has 6 nitrogen and oxygen atoms in total. The van der Waals surface area contributed by atoms with Crippen molar-refractivity contribution >= 4 is 17.8 Å². The number of rotatable bonds is 3. The molecule has 1 aromatic carbocycles. The largest absolute Gasteiger partial charge is 0.508 e. The van der Waals surface area contributed by atoms with Crippen LogP contribution in [0.25, 0.3) is 5.65 Å². The lowest BCUT2D eigenvalue weighted by atomic mass is 10.2. The van der Waals surface area contributed by atoms with Crippen LogP contribution in [0.5, 0.6) is 5.75 Å². The lowest BCUT2D eigenvalue weighted by molar-refractivity contribution is 0.0948. The van der Waals surface area contributed by atoms with Crippen molar-refractivity contribution in [1.82, 2.24) is 14.8 Å². The Morgan fingerprint density at radius 1 is 1.30 bits per heavy atom. The third-order valence-electron chi connectivity index (χ3n) is 3.42. The second-order valence-electron chi connectivity index (χ2n) is 5.27. The van der Waals surface area contributed by atoms with Gasteiger partial charge in [-0.15, -0.1) is 0 Å². The smallest absolute Gasteiger partial charge is 0.290 e. The number of hydrogen-bond acceptors (Lipinski definition) is 4. The monoisotopic (exact) mass is 308 g/mol. The Kier molecular flexibility index (Phi) is 3.80. The summed E-state index contributed by atoms with van der Waals surface area (Å²) in [5, 5.41) is 13.3. The molecule has 1 amide bonds. The van der Waals surface area contributed by atoms with Gasteiger partial charge in [-0.05, 0) is 49.2 Å². The molecule has 0 aliphatic rings. The van der Waals surface area contributed by atoms with E-state index in [-0.39, 0.29) is 11.7 Å². The molecule has 116 valence electrons. The van der Waals surface area contributed by atoms with Gasteiger partial charge in [0.1, 0.15) is 17.1 Å². The van der Waals surface area contributed by atoms with Crippen LogP contribution < -0.4 is 5.43 Å². The number of nitrogens with zero attached hydrogens (tertiary/aromatic N) is 3. The molecule has 0 saturated heterocycles. The van der Waals surface area contributed by atoms with E-state index >= 15 is 0 Å². The molecule has 23 heavy (non-hydrogen) atoms. The number of aryl methyl sites for hydroxylation is 2. The molecule has 0 radical (unpaired) electrons. The highest BCUT2D eigenvalue weighted by Crippen LogP contribution is 2.13. The number of hydrogen-bond donors (Lipinski definition) is 2. The molecule has 3 rings (SSSR count). The number of phenolic OH excluding ortho intramolecular Hbond substituents is 1. The summed E-state index contributed by atoms with van der Waals surface area (Å²) in [5.41, 5.74) is 6.08. The number of carbonyl (C=O) groups excluding carboxylic acids is 1. The van der Waals surface area contributed by atoms with Crippen LogP contribution >= 0.6 is 0 Å². The van der Waals surface area contributed by atoms with Crippen molar-refractivity contribution in [3.05, 3.63) is 65.1 Å². The SMILES string of the molecule is Cc1ccn2c(C(=O)NN=Cc3cccc(O)c3)c(C)nc2c1. The van der Waals surface area contributed by atoms with E-state index in [4.69, 9.17) is 0 Å². The lowest BCUT2D eigenvalue weighted by Crippen LogP contribution is -2.20. The Balaban J connectivity index is 1.82. The Bertz CT molecular complexity index is 912. The molecule has 0 spiro atoms. The van der Waals surface area contributed by atoms with Gasteiger partial charge in [0.15, 0.2) is 0 Å². The predicted molar refractivity (Wildman–Crippen MR) is 87.8 cm³/mol. The van der Waals surface area contributed by atoms with Gasteiger partial charge in [-0.1, -0.05) is 12.1 Å². The van der Waals surface area contributed by atoms with Crippen LogP contribution in [0.2, 0.25) is 0 Å². The Morgan fingerprint density at radius 2 is 2.13 bits per heavy atom. The molecule has 0 atom stereocenters. The second kappa shape index (κ2) is 5.92. The molecule has 6 heteroatoms. The third-order valence-corrected chi connectivity index (χ3v) is 3.42. The first-order chi connectivity index (χ1) is 11.0. The number of hydrazone groups is 1. The van der Waals surface area contributed by atoms with E-state index in [9.17, 15) is 9.90 Å². The number of phenols is 1. The Morgan fingerprint density at radius 3 is 2.91 bits per heavy atom.